The summed E-state index contributed by atoms with van der Waals surface area (Å²) in [5, 5.41) is 2.02. The molecule has 1 heterocycles. The zero-order chi connectivity index (χ0) is 10.3. The predicted molar refractivity (Wildman–Crippen MR) is 62.0 cm³/mol. The van der Waals surface area contributed by atoms with Crippen molar-refractivity contribution >= 4 is 22.5 Å². The van der Waals surface area contributed by atoms with Gasteiger partial charge >= 0.3 is 0 Å². The van der Waals surface area contributed by atoms with E-state index in [1.165, 1.54) is 10.9 Å². The van der Waals surface area contributed by atoms with Crippen molar-refractivity contribution in [3.05, 3.63) is 35.0 Å². The van der Waals surface area contributed by atoms with Gasteiger partial charge in [0, 0.05) is 11.6 Å². The lowest BCUT2D eigenvalue weighted by Gasteiger charge is -2.20. The Hall–Kier alpha value is -0.950. The molecule has 0 amide bonds. The molecule has 0 aliphatic carbocycles. The Balaban J connectivity index is 2.80. The summed E-state index contributed by atoms with van der Waals surface area (Å²) in [7, 11) is 0. The summed E-state index contributed by atoms with van der Waals surface area (Å²) in [6, 6.07) is 6.15. The largest absolute Gasteiger partial charge is 0.360 e. The fourth-order valence-electron chi connectivity index (χ4n) is 1.78. The lowest BCUT2D eigenvalue weighted by molar-refractivity contribution is 0.596. The third kappa shape index (κ3) is 1.42. The van der Waals surface area contributed by atoms with Crippen LogP contribution in [0.5, 0.6) is 0 Å². The van der Waals surface area contributed by atoms with Gasteiger partial charge in [-0.3, -0.25) is 0 Å². The highest BCUT2D eigenvalue weighted by molar-refractivity contribution is 6.35. The van der Waals surface area contributed by atoms with Gasteiger partial charge in [0.05, 0.1) is 10.5 Å². The minimum atomic E-state index is 0.158. The molecule has 2 aromatic rings. The number of fused-ring (bicyclic) bond motifs is 1. The maximum atomic E-state index is 6.09. The van der Waals surface area contributed by atoms with Crippen molar-refractivity contribution in [2.45, 2.75) is 26.2 Å². The predicted octanol–water partition coefficient (Wildman–Crippen LogP) is 4.12. The van der Waals surface area contributed by atoms with E-state index in [9.17, 15) is 0 Å². The first-order chi connectivity index (χ1) is 6.50. The summed E-state index contributed by atoms with van der Waals surface area (Å²) in [6.45, 7) is 6.63. The lowest BCUT2D eigenvalue weighted by atomic mass is 9.85. The van der Waals surface area contributed by atoms with Crippen molar-refractivity contribution < 1.29 is 0 Å². The van der Waals surface area contributed by atoms with Crippen LogP contribution >= 0.6 is 11.6 Å². The molecule has 0 fully saturated rings. The molecule has 74 valence electrons. The molecule has 0 aliphatic rings. The Kier molecular flexibility index (Phi) is 2.07. The average Bonchev–Trinajstić information content (AvgIpc) is 2.50. The van der Waals surface area contributed by atoms with Gasteiger partial charge < -0.3 is 4.98 Å². The lowest BCUT2D eigenvalue weighted by Crippen LogP contribution is -2.11. The van der Waals surface area contributed by atoms with Crippen LogP contribution in [0.2, 0.25) is 5.02 Å². The molecule has 2 rings (SSSR count). The number of halogens is 1. The molecule has 0 saturated carbocycles. The Morgan fingerprint density at radius 1 is 1.14 bits per heavy atom. The minimum Gasteiger partial charge on any atom is -0.360 e. The van der Waals surface area contributed by atoms with E-state index >= 15 is 0 Å². The first-order valence-corrected chi connectivity index (χ1v) is 5.14. The molecule has 0 aliphatic heterocycles. The van der Waals surface area contributed by atoms with Crippen LogP contribution in [0.4, 0.5) is 0 Å². The molecule has 0 radical (unpaired) electrons. The number of rotatable bonds is 0. The van der Waals surface area contributed by atoms with Gasteiger partial charge in [-0.1, -0.05) is 38.4 Å². The van der Waals surface area contributed by atoms with Gasteiger partial charge in [0.15, 0.2) is 0 Å². The van der Waals surface area contributed by atoms with Crippen molar-refractivity contribution in [1.29, 1.82) is 0 Å². The summed E-state index contributed by atoms with van der Waals surface area (Å²) in [5.74, 6) is 0. The third-order valence-electron chi connectivity index (χ3n) is 2.48. The van der Waals surface area contributed by atoms with E-state index in [4.69, 9.17) is 11.6 Å². The second-order valence-corrected chi connectivity index (χ2v) is 5.02. The van der Waals surface area contributed by atoms with Gasteiger partial charge in [-0.25, -0.2) is 0 Å². The molecule has 2 heteroatoms. The number of hydrogen-bond donors (Lipinski definition) is 1. The summed E-state index contributed by atoms with van der Waals surface area (Å²) < 4.78 is 0. The molecule has 0 bridgehead atoms. The van der Waals surface area contributed by atoms with Gasteiger partial charge in [-0.2, -0.15) is 0 Å². The summed E-state index contributed by atoms with van der Waals surface area (Å²) in [6.07, 6.45) is 1.94. The van der Waals surface area contributed by atoms with Crippen molar-refractivity contribution in [1.82, 2.24) is 4.98 Å². The maximum absolute atomic E-state index is 6.09. The third-order valence-corrected chi connectivity index (χ3v) is 2.80. The smallest absolute Gasteiger partial charge is 0.0647 e. The van der Waals surface area contributed by atoms with Gasteiger partial charge in [0.25, 0.3) is 0 Å². The molecule has 0 spiro atoms. The van der Waals surface area contributed by atoms with Crippen LogP contribution in [0, 0.1) is 0 Å². The molecular formula is C12H14ClN. The number of aromatic nitrogens is 1. The molecule has 0 unspecified atom stereocenters. The van der Waals surface area contributed by atoms with E-state index < -0.39 is 0 Å². The van der Waals surface area contributed by atoms with Crippen molar-refractivity contribution in [3.63, 3.8) is 0 Å². The maximum Gasteiger partial charge on any atom is 0.0647 e. The number of nitrogens with one attached hydrogen (secondary N) is 1. The zero-order valence-electron chi connectivity index (χ0n) is 8.69. The van der Waals surface area contributed by atoms with Crippen LogP contribution in [-0.2, 0) is 5.41 Å². The van der Waals surface area contributed by atoms with Crippen LogP contribution < -0.4 is 0 Å². The molecule has 14 heavy (non-hydrogen) atoms. The van der Waals surface area contributed by atoms with Crippen molar-refractivity contribution in [2.24, 2.45) is 0 Å². The molecular weight excluding hydrogens is 194 g/mol. The van der Waals surface area contributed by atoms with Gasteiger partial charge in [0.2, 0.25) is 0 Å². The molecule has 1 N–H and O–H groups in total. The Morgan fingerprint density at radius 2 is 1.86 bits per heavy atom. The minimum absolute atomic E-state index is 0.158. The average molecular weight is 208 g/mol. The summed E-state index contributed by atoms with van der Waals surface area (Å²) >= 11 is 6.09. The van der Waals surface area contributed by atoms with Gasteiger partial charge in [-0.15, -0.1) is 0 Å². The Labute approximate surface area is 89.1 Å². The van der Waals surface area contributed by atoms with E-state index in [1.807, 2.05) is 12.3 Å². The van der Waals surface area contributed by atoms with E-state index in [-0.39, 0.29) is 5.41 Å². The quantitative estimate of drug-likeness (QED) is 0.669. The molecule has 0 saturated heterocycles. The van der Waals surface area contributed by atoms with Crippen LogP contribution in [-0.4, -0.2) is 4.98 Å². The van der Waals surface area contributed by atoms with Gasteiger partial charge in [0.1, 0.15) is 0 Å². The highest BCUT2D eigenvalue weighted by Crippen LogP contribution is 2.32. The highest BCUT2D eigenvalue weighted by atomic mass is 35.5. The first kappa shape index (κ1) is 9.60. The van der Waals surface area contributed by atoms with E-state index in [0.717, 1.165) is 10.5 Å². The topological polar surface area (TPSA) is 15.8 Å². The number of H-pyrrole nitrogens is 1. The SMILES string of the molecule is CC(C)(C)c1ccc(Cl)c2[nH]ccc12. The van der Waals surface area contributed by atoms with E-state index in [1.54, 1.807) is 0 Å². The molecule has 1 aromatic heterocycles. The zero-order valence-corrected chi connectivity index (χ0v) is 9.44. The van der Waals surface area contributed by atoms with Crippen LogP contribution in [0.1, 0.15) is 26.3 Å². The monoisotopic (exact) mass is 207 g/mol. The standard InChI is InChI=1S/C12H14ClN/c1-12(2,3)9-4-5-10(13)11-8(9)6-7-14-11/h4-7,14H,1-3H3. The summed E-state index contributed by atoms with van der Waals surface area (Å²) in [5.41, 5.74) is 2.53. The van der Waals surface area contributed by atoms with E-state index in [0.29, 0.717) is 0 Å². The first-order valence-electron chi connectivity index (χ1n) is 4.76. The normalized spacial score (nSPS) is 12.3. The molecule has 1 nitrogen and oxygen atoms in total. The fourth-order valence-corrected chi connectivity index (χ4v) is 1.99. The second-order valence-electron chi connectivity index (χ2n) is 4.61. The summed E-state index contributed by atoms with van der Waals surface area (Å²) in [4.78, 5) is 3.17. The van der Waals surface area contributed by atoms with Gasteiger partial charge in [-0.05, 0) is 23.1 Å². The van der Waals surface area contributed by atoms with Crippen LogP contribution in [0.3, 0.4) is 0 Å². The van der Waals surface area contributed by atoms with Crippen LogP contribution in [0.25, 0.3) is 10.9 Å². The molecule has 1 aromatic carbocycles. The number of aromatic amines is 1. The fraction of sp³-hybridized carbons (Fsp3) is 0.333. The number of hydrogen-bond acceptors (Lipinski definition) is 0. The van der Waals surface area contributed by atoms with Crippen molar-refractivity contribution in [3.8, 4) is 0 Å². The Bertz CT molecular complexity index is 463. The Morgan fingerprint density at radius 3 is 2.50 bits per heavy atom. The van der Waals surface area contributed by atoms with E-state index in [2.05, 4.69) is 37.9 Å². The number of benzene rings is 1. The molecule has 0 atom stereocenters. The van der Waals surface area contributed by atoms with Crippen LogP contribution in [0.15, 0.2) is 24.4 Å². The highest BCUT2D eigenvalue weighted by Gasteiger charge is 2.17. The second kappa shape index (κ2) is 3.03. The van der Waals surface area contributed by atoms with Crippen molar-refractivity contribution in [2.75, 3.05) is 0 Å².